The third-order valence-electron chi connectivity index (χ3n) is 1.45. The Morgan fingerprint density at radius 2 is 1.82 bits per heavy atom. The molecule has 0 aliphatic carbocycles. The van der Waals surface area contributed by atoms with Gasteiger partial charge in [-0.15, -0.1) is 0 Å². The van der Waals surface area contributed by atoms with Gasteiger partial charge in [0, 0.05) is 5.02 Å². The number of benzene rings is 1. The van der Waals surface area contributed by atoms with Gasteiger partial charge in [-0.1, -0.05) is 11.6 Å². The average molecular weight is 290 g/mol. The van der Waals surface area contributed by atoms with E-state index in [0.717, 1.165) is 0 Å². The van der Waals surface area contributed by atoms with Gasteiger partial charge in [0.25, 0.3) is 0 Å². The van der Waals surface area contributed by atoms with Crippen LogP contribution in [0.3, 0.4) is 0 Å². The van der Waals surface area contributed by atoms with E-state index in [1.165, 1.54) is 24.3 Å². The smallest absolute Gasteiger partial charge is 0.413 e. The zero-order chi connectivity index (χ0) is 13.1. The van der Waals surface area contributed by atoms with E-state index in [0.29, 0.717) is 5.02 Å². The van der Waals surface area contributed by atoms with Crippen molar-refractivity contribution in [3.63, 3.8) is 0 Å². The minimum Gasteiger partial charge on any atom is -0.413 e. The van der Waals surface area contributed by atoms with Gasteiger partial charge in [0.15, 0.2) is 6.61 Å². The molecule has 0 aromatic heterocycles. The van der Waals surface area contributed by atoms with Crippen LogP contribution < -0.4 is 10.0 Å². The van der Waals surface area contributed by atoms with Gasteiger partial charge in [-0.25, -0.2) is 10.1 Å². The van der Waals surface area contributed by atoms with Gasteiger partial charge in [-0.2, -0.15) is 13.2 Å². The first kappa shape index (κ1) is 14.3. The van der Waals surface area contributed by atoms with Crippen LogP contribution >= 0.6 is 19.3 Å². The molecule has 0 fully saturated rings. The molecule has 0 aliphatic heterocycles. The van der Waals surface area contributed by atoms with Crippen molar-refractivity contribution in [1.29, 1.82) is 0 Å². The van der Waals surface area contributed by atoms with Crippen molar-refractivity contribution in [3.8, 4) is 5.75 Å². The minimum absolute atomic E-state index is 0.00223. The fourth-order valence-corrected chi connectivity index (χ4v) is 1.75. The van der Waals surface area contributed by atoms with E-state index in [1.807, 2.05) is 0 Å². The molecule has 0 saturated carbocycles. The Labute approximate surface area is 100 Å². The van der Waals surface area contributed by atoms with E-state index in [1.54, 1.807) is 0 Å². The molecule has 0 heterocycles. The maximum atomic E-state index is 11.8. The molecule has 0 radical (unpaired) electrons. The number of nitrogens with two attached hydrogens (primary N) is 1. The molecule has 4 nitrogen and oxygen atoms in total. The summed E-state index contributed by atoms with van der Waals surface area (Å²) in [5.41, 5.74) is 4.97. The fraction of sp³-hybridized carbons (Fsp3) is 0.250. The standard InChI is InChI=1S/C8H8ClF3NO3P/c9-6-1-3-7(4-2-6)16-17(13,14)15-5-8(10,11)12/h1-4H,5H2,(H2,13,14)/t17-/m1/s1. The van der Waals surface area contributed by atoms with Gasteiger partial charge in [0.05, 0.1) is 0 Å². The average Bonchev–Trinajstić information content (AvgIpc) is 2.18. The van der Waals surface area contributed by atoms with Crippen LogP contribution in [0.4, 0.5) is 13.2 Å². The second kappa shape index (κ2) is 5.27. The van der Waals surface area contributed by atoms with Crippen molar-refractivity contribution in [2.24, 2.45) is 5.50 Å². The van der Waals surface area contributed by atoms with E-state index in [-0.39, 0.29) is 5.75 Å². The molecule has 1 atom stereocenters. The molecule has 1 rings (SSSR count). The highest BCUT2D eigenvalue weighted by Crippen LogP contribution is 2.41. The van der Waals surface area contributed by atoms with Gasteiger partial charge in [0.1, 0.15) is 5.75 Å². The Kier molecular flexibility index (Phi) is 4.43. The zero-order valence-corrected chi connectivity index (χ0v) is 9.93. The first-order valence-corrected chi connectivity index (χ1v) is 6.22. The Morgan fingerprint density at radius 1 is 1.29 bits per heavy atom. The van der Waals surface area contributed by atoms with Crippen molar-refractivity contribution in [2.45, 2.75) is 6.18 Å². The minimum atomic E-state index is -4.63. The first-order chi connectivity index (χ1) is 7.68. The molecule has 1 aromatic carbocycles. The van der Waals surface area contributed by atoms with Gasteiger partial charge in [-0.05, 0) is 24.3 Å². The topological polar surface area (TPSA) is 61.6 Å². The summed E-state index contributed by atoms with van der Waals surface area (Å²) in [6.07, 6.45) is -4.63. The van der Waals surface area contributed by atoms with Crippen molar-refractivity contribution >= 4 is 19.3 Å². The summed E-state index contributed by atoms with van der Waals surface area (Å²) in [5, 5.41) is 0.389. The molecule has 0 saturated heterocycles. The Bertz CT molecular complexity index is 423. The normalized spacial score (nSPS) is 15.4. The molecule has 9 heteroatoms. The first-order valence-electron chi connectivity index (χ1n) is 4.23. The monoisotopic (exact) mass is 289 g/mol. The molecule has 1 aromatic rings. The van der Waals surface area contributed by atoms with Crippen molar-refractivity contribution in [1.82, 2.24) is 0 Å². The number of halogens is 4. The highest BCUT2D eigenvalue weighted by Gasteiger charge is 2.33. The zero-order valence-electron chi connectivity index (χ0n) is 8.28. The number of alkyl halides is 3. The van der Waals surface area contributed by atoms with Gasteiger partial charge in [-0.3, -0.25) is 4.52 Å². The molecule has 0 amide bonds. The van der Waals surface area contributed by atoms with Gasteiger partial charge < -0.3 is 4.52 Å². The van der Waals surface area contributed by atoms with Crippen LogP contribution in [0, 0.1) is 0 Å². The molecule has 96 valence electrons. The molecule has 0 unspecified atom stereocenters. The predicted octanol–water partition coefficient (Wildman–Crippen LogP) is 3.36. The quantitative estimate of drug-likeness (QED) is 0.863. The van der Waals surface area contributed by atoms with E-state index >= 15 is 0 Å². The highest BCUT2D eigenvalue weighted by molar-refractivity contribution is 7.51. The molecule has 2 N–H and O–H groups in total. The second-order valence-corrected chi connectivity index (χ2v) is 4.93. The van der Waals surface area contributed by atoms with Crippen LogP contribution in [0.15, 0.2) is 24.3 Å². The van der Waals surface area contributed by atoms with E-state index in [4.69, 9.17) is 17.1 Å². The van der Waals surface area contributed by atoms with E-state index in [9.17, 15) is 17.7 Å². The van der Waals surface area contributed by atoms with Crippen LogP contribution in [0.5, 0.6) is 5.75 Å². The number of hydrogen-bond donors (Lipinski definition) is 1. The predicted molar refractivity (Wildman–Crippen MR) is 55.9 cm³/mol. The van der Waals surface area contributed by atoms with Gasteiger partial charge in [0.2, 0.25) is 0 Å². The maximum Gasteiger partial charge on any atom is 0.456 e. The SMILES string of the molecule is N[P@@](=O)(OCC(F)(F)F)Oc1ccc(Cl)cc1. The van der Waals surface area contributed by atoms with Crippen LogP contribution in [0.1, 0.15) is 0 Å². The van der Waals surface area contributed by atoms with Crippen LogP contribution in [0.2, 0.25) is 5.02 Å². The number of rotatable bonds is 4. The summed E-state index contributed by atoms with van der Waals surface area (Å²) in [6, 6.07) is 5.42. The van der Waals surface area contributed by atoms with Crippen molar-refractivity contribution < 1.29 is 26.8 Å². The Morgan fingerprint density at radius 3 is 2.29 bits per heavy atom. The second-order valence-electron chi connectivity index (χ2n) is 2.97. The molecule has 17 heavy (non-hydrogen) atoms. The third-order valence-corrected chi connectivity index (χ3v) is 2.66. The lowest BCUT2D eigenvalue weighted by molar-refractivity contribution is -0.154. The molecular weight excluding hydrogens is 282 g/mol. The number of hydrogen-bond acceptors (Lipinski definition) is 3. The largest absolute Gasteiger partial charge is 0.456 e. The lowest BCUT2D eigenvalue weighted by atomic mass is 10.3. The summed E-state index contributed by atoms with van der Waals surface area (Å²) in [4.78, 5) is 0. The summed E-state index contributed by atoms with van der Waals surface area (Å²) >= 11 is 5.57. The summed E-state index contributed by atoms with van der Waals surface area (Å²) in [6.45, 7) is -1.74. The van der Waals surface area contributed by atoms with Crippen LogP contribution in [-0.2, 0) is 9.09 Å². The van der Waals surface area contributed by atoms with Crippen LogP contribution in [-0.4, -0.2) is 12.8 Å². The fourth-order valence-electron chi connectivity index (χ4n) is 0.832. The molecule has 0 spiro atoms. The maximum absolute atomic E-state index is 11.8. The molecule has 0 aliphatic rings. The Hall–Kier alpha value is -0.750. The lowest BCUT2D eigenvalue weighted by Gasteiger charge is -2.15. The Balaban J connectivity index is 2.60. The molecular formula is C8H8ClF3NO3P. The highest BCUT2D eigenvalue weighted by atomic mass is 35.5. The summed E-state index contributed by atoms with van der Waals surface area (Å²) < 4.78 is 55.3. The van der Waals surface area contributed by atoms with Crippen LogP contribution in [0.25, 0.3) is 0 Å². The van der Waals surface area contributed by atoms with Gasteiger partial charge >= 0.3 is 13.9 Å². The third kappa shape index (κ3) is 5.93. The van der Waals surface area contributed by atoms with E-state index < -0.39 is 20.5 Å². The van der Waals surface area contributed by atoms with E-state index in [2.05, 4.69) is 9.05 Å². The summed E-state index contributed by atoms with van der Waals surface area (Å²) in [5.74, 6) is 0.00223. The summed E-state index contributed by atoms with van der Waals surface area (Å²) in [7, 11) is -4.29. The van der Waals surface area contributed by atoms with Crippen molar-refractivity contribution in [3.05, 3.63) is 29.3 Å². The van der Waals surface area contributed by atoms with Crippen molar-refractivity contribution in [2.75, 3.05) is 6.61 Å². The molecule has 0 bridgehead atoms. The lowest BCUT2D eigenvalue weighted by Crippen LogP contribution is -2.19.